The summed E-state index contributed by atoms with van der Waals surface area (Å²) in [6.45, 7) is 5.41. The molecule has 0 unspecified atom stereocenters. The summed E-state index contributed by atoms with van der Waals surface area (Å²) in [6, 6.07) is 15.4. The van der Waals surface area contributed by atoms with Gasteiger partial charge in [-0.15, -0.1) is 0 Å². The van der Waals surface area contributed by atoms with Crippen LogP contribution in [0.25, 0.3) is 11.3 Å². The number of carbonyl (C=O) groups is 1. The minimum atomic E-state index is 0.0158. The first-order valence-corrected chi connectivity index (χ1v) is 10.5. The fourth-order valence-corrected chi connectivity index (χ4v) is 3.66. The van der Waals surface area contributed by atoms with E-state index < -0.39 is 0 Å². The lowest BCUT2D eigenvalue weighted by atomic mass is 10.2. The van der Waals surface area contributed by atoms with E-state index in [-0.39, 0.29) is 5.91 Å². The minimum Gasteiger partial charge on any atom is -0.459 e. The smallest absolute Gasteiger partial charge is 0.234 e. The normalized spacial score (nSPS) is 15.2. The van der Waals surface area contributed by atoms with E-state index in [4.69, 9.17) is 16.0 Å². The highest BCUT2D eigenvalue weighted by molar-refractivity contribution is 6.30. The van der Waals surface area contributed by atoms with Crippen LogP contribution >= 0.6 is 11.6 Å². The first kappa shape index (κ1) is 20.6. The highest BCUT2D eigenvalue weighted by Gasteiger charge is 2.19. The van der Waals surface area contributed by atoms with Gasteiger partial charge in [-0.25, -0.2) is 0 Å². The summed E-state index contributed by atoms with van der Waals surface area (Å²) >= 11 is 5.93. The van der Waals surface area contributed by atoms with Gasteiger partial charge < -0.3 is 9.73 Å². The predicted octanol–water partition coefficient (Wildman–Crippen LogP) is 3.43. The Morgan fingerprint density at radius 1 is 0.967 bits per heavy atom. The van der Waals surface area contributed by atoms with Crippen LogP contribution in [0.3, 0.4) is 0 Å². The van der Waals surface area contributed by atoms with Gasteiger partial charge in [-0.3, -0.25) is 19.6 Å². The van der Waals surface area contributed by atoms with Crippen LogP contribution in [0.5, 0.6) is 0 Å². The number of amides is 1. The number of carbonyl (C=O) groups excluding carboxylic acids is 1. The zero-order valence-electron chi connectivity index (χ0n) is 16.8. The van der Waals surface area contributed by atoms with Crippen LogP contribution < -0.4 is 5.32 Å². The third-order valence-electron chi connectivity index (χ3n) is 5.24. The van der Waals surface area contributed by atoms with Gasteiger partial charge >= 0.3 is 0 Å². The second-order valence-corrected chi connectivity index (χ2v) is 7.89. The number of hydrogen-bond acceptors (Lipinski definition) is 5. The molecular formula is C23H25ClN4O2. The molecule has 6 nitrogen and oxygen atoms in total. The van der Waals surface area contributed by atoms with Gasteiger partial charge in [-0.1, -0.05) is 11.6 Å². The molecule has 0 saturated carbocycles. The average molecular weight is 425 g/mol. The number of pyridine rings is 1. The van der Waals surface area contributed by atoms with Gasteiger partial charge in [0, 0.05) is 55.7 Å². The number of rotatable bonds is 7. The number of hydrogen-bond donors (Lipinski definition) is 1. The quantitative estimate of drug-likeness (QED) is 0.629. The zero-order valence-corrected chi connectivity index (χ0v) is 17.5. The second-order valence-electron chi connectivity index (χ2n) is 7.46. The summed E-state index contributed by atoms with van der Waals surface area (Å²) in [5, 5.41) is 3.65. The Morgan fingerprint density at radius 3 is 2.40 bits per heavy atom. The van der Waals surface area contributed by atoms with Crippen molar-refractivity contribution < 1.29 is 9.21 Å². The van der Waals surface area contributed by atoms with E-state index in [9.17, 15) is 4.79 Å². The van der Waals surface area contributed by atoms with E-state index in [0.29, 0.717) is 18.1 Å². The number of aromatic nitrogens is 1. The SMILES string of the molecule is O=C(CN1CCN(Cc2ccncc2)CC1)NCc1ccc(-c2ccc(Cl)cc2)o1. The molecule has 7 heteroatoms. The summed E-state index contributed by atoms with van der Waals surface area (Å²) in [4.78, 5) is 21.0. The maximum Gasteiger partial charge on any atom is 0.234 e. The predicted molar refractivity (Wildman–Crippen MR) is 117 cm³/mol. The molecule has 0 atom stereocenters. The maximum atomic E-state index is 12.3. The van der Waals surface area contributed by atoms with E-state index in [1.807, 2.05) is 60.9 Å². The van der Waals surface area contributed by atoms with Crippen molar-refractivity contribution in [1.29, 1.82) is 0 Å². The van der Waals surface area contributed by atoms with Crippen molar-refractivity contribution in [3.8, 4) is 11.3 Å². The molecule has 1 N–H and O–H groups in total. The molecule has 0 radical (unpaired) electrons. The molecule has 2 aromatic heterocycles. The molecular weight excluding hydrogens is 400 g/mol. The van der Waals surface area contributed by atoms with E-state index in [0.717, 1.165) is 49.8 Å². The topological polar surface area (TPSA) is 61.6 Å². The molecule has 1 aliphatic rings. The van der Waals surface area contributed by atoms with Crippen molar-refractivity contribution in [1.82, 2.24) is 20.1 Å². The number of furan rings is 1. The molecule has 1 aromatic carbocycles. The van der Waals surface area contributed by atoms with E-state index in [1.54, 1.807) is 0 Å². The molecule has 1 amide bonds. The Hall–Kier alpha value is -2.67. The van der Waals surface area contributed by atoms with Gasteiger partial charge in [0.1, 0.15) is 11.5 Å². The van der Waals surface area contributed by atoms with Crippen LogP contribution in [-0.4, -0.2) is 53.4 Å². The molecule has 30 heavy (non-hydrogen) atoms. The van der Waals surface area contributed by atoms with Crippen molar-refractivity contribution >= 4 is 17.5 Å². The molecule has 156 valence electrons. The van der Waals surface area contributed by atoms with Crippen molar-refractivity contribution in [2.45, 2.75) is 13.1 Å². The first-order valence-electron chi connectivity index (χ1n) is 10.1. The van der Waals surface area contributed by atoms with E-state index >= 15 is 0 Å². The lowest BCUT2D eigenvalue weighted by Gasteiger charge is -2.34. The van der Waals surface area contributed by atoms with Gasteiger partial charge in [0.2, 0.25) is 5.91 Å². The fraction of sp³-hybridized carbons (Fsp3) is 0.304. The highest BCUT2D eigenvalue weighted by Crippen LogP contribution is 2.23. The molecule has 0 bridgehead atoms. The number of nitrogens with zero attached hydrogens (tertiary/aromatic N) is 3. The van der Waals surface area contributed by atoms with Gasteiger partial charge in [0.05, 0.1) is 13.1 Å². The Morgan fingerprint density at radius 2 is 1.67 bits per heavy atom. The lowest BCUT2D eigenvalue weighted by molar-refractivity contribution is -0.122. The third kappa shape index (κ3) is 5.69. The molecule has 1 aliphatic heterocycles. The van der Waals surface area contributed by atoms with Crippen LogP contribution in [0.2, 0.25) is 5.02 Å². The maximum absolute atomic E-state index is 12.3. The van der Waals surface area contributed by atoms with E-state index in [1.165, 1.54) is 5.56 Å². The summed E-state index contributed by atoms with van der Waals surface area (Å²) < 4.78 is 5.84. The summed E-state index contributed by atoms with van der Waals surface area (Å²) in [7, 11) is 0. The summed E-state index contributed by atoms with van der Waals surface area (Å²) in [6.07, 6.45) is 3.65. The fourth-order valence-electron chi connectivity index (χ4n) is 3.54. The highest BCUT2D eigenvalue weighted by atomic mass is 35.5. The monoisotopic (exact) mass is 424 g/mol. The number of piperazine rings is 1. The Balaban J connectivity index is 1.19. The van der Waals surface area contributed by atoms with Crippen LogP contribution in [0.4, 0.5) is 0 Å². The van der Waals surface area contributed by atoms with Crippen LogP contribution in [-0.2, 0) is 17.9 Å². The molecule has 4 rings (SSSR count). The van der Waals surface area contributed by atoms with Crippen molar-refractivity contribution in [2.24, 2.45) is 0 Å². The number of benzene rings is 1. The second kappa shape index (κ2) is 9.89. The van der Waals surface area contributed by atoms with Gasteiger partial charge in [0.25, 0.3) is 0 Å². The van der Waals surface area contributed by atoms with Crippen molar-refractivity contribution in [2.75, 3.05) is 32.7 Å². The largest absolute Gasteiger partial charge is 0.459 e. The summed E-state index contributed by atoms with van der Waals surface area (Å²) in [5.41, 5.74) is 2.23. The van der Waals surface area contributed by atoms with Crippen LogP contribution in [0, 0.1) is 0 Å². The molecule has 1 saturated heterocycles. The standard InChI is InChI=1S/C23H25ClN4O2/c24-20-3-1-19(2-4-20)22-6-5-21(30-22)15-26-23(29)17-28-13-11-27(12-14-28)16-18-7-9-25-10-8-18/h1-10H,11-17H2,(H,26,29). The Kier molecular flexibility index (Phi) is 6.79. The summed E-state index contributed by atoms with van der Waals surface area (Å²) in [5.74, 6) is 1.51. The number of halogens is 1. The van der Waals surface area contributed by atoms with E-state index in [2.05, 4.69) is 20.1 Å². The lowest BCUT2D eigenvalue weighted by Crippen LogP contribution is -2.49. The molecule has 3 aromatic rings. The minimum absolute atomic E-state index is 0.0158. The number of nitrogens with one attached hydrogen (secondary N) is 1. The Bertz CT molecular complexity index is 951. The third-order valence-corrected chi connectivity index (χ3v) is 5.49. The molecule has 0 aliphatic carbocycles. The van der Waals surface area contributed by atoms with Gasteiger partial charge in [-0.2, -0.15) is 0 Å². The molecule has 3 heterocycles. The van der Waals surface area contributed by atoms with Crippen molar-refractivity contribution in [3.05, 3.63) is 77.3 Å². The van der Waals surface area contributed by atoms with Crippen molar-refractivity contribution in [3.63, 3.8) is 0 Å². The molecule has 0 spiro atoms. The van der Waals surface area contributed by atoms with Crippen LogP contribution in [0.1, 0.15) is 11.3 Å². The van der Waals surface area contributed by atoms with Crippen LogP contribution in [0.15, 0.2) is 65.3 Å². The molecule has 1 fully saturated rings. The first-order chi connectivity index (χ1) is 14.7. The van der Waals surface area contributed by atoms with Gasteiger partial charge in [-0.05, 0) is 54.1 Å². The van der Waals surface area contributed by atoms with Gasteiger partial charge in [0.15, 0.2) is 0 Å². The zero-order chi connectivity index (χ0) is 20.8. The average Bonchev–Trinajstić information content (AvgIpc) is 3.24. The Labute approximate surface area is 181 Å².